The molecule has 0 saturated carbocycles. The maximum atomic E-state index is 10.4. The highest BCUT2D eigenvalue weighted by Crippen LogP contribution is 2.15. The summed E-state index contributed by atoms with van der Waals surface area (Å²) in [5, 5.41) is 2.85. The summed E-state index contributed by atoms with van der Waals surface area (Å²) >= 11 is 4.19. The van der Waals surface area contributed by atoms with E-state index in [9.17, 15) is 4.79 Å². The highest BCUT2D eigenvalue weighted by Gasteiger charge is 1.95. The molecule has 3 N–H and O–H groups in total. The lowest BCUT2D eigenvalue weighted by atomic mass is 10.3. The number of carbonyl (C=O) groups excluding carboxylic acids is 1. The zero-order valence-electron chi connectivity index (χ0n) is 8.27. The third kappa shape index (κ3) is 5.29. The quantitative estimate of drug-likeness (QED) is 0.487. The van der Waals surface area contributed by atoms with Crippen LogP contribution in [0.4, 0.5) is 0 Å². The van der Waals surface area contributed by atoms with E-state index < -0.39 is 0 Å². The van der Waals surface area contributed by atoms with Gasteiger partial charge < -0.3 is 15.8 Å². The second-order valence-electron chi connectivity index (χ2n) is 2.99. The summed E-state index contributed by atoms with van der Waals surface area (Å²) in [6.45, 7) is 1.25. The van der Waals surface area contributed by atoms with Gasteiger partial charge >= 0.3 is 0 Å². The normalized spacial score (nSPS) is 9.93. The molecule has 0 aliphatic heterocycles. The lowest BCUT2D eigenvalue weighted by molar-refractivity contribution is -0.117. The number of thiol groups is 1. The summed E-state index contributed by atoms with van der Waals surface area (Å²) in [6, 6.07) is 7.43. The minimum Gasteiger partial charge on any atom is -0.492 e. The average Bonchev–Trinajstić information content (AvgIpc) is 2.17. The second-order valence-corrected chi connectivity index (χ2v) is 3.51. The van der Waals surface area contributed by atoms with Gasteiger partial charge in [0.25, 0.3) is 0 Å². The number of primary amides is 1. The molecule has 5 heteroatoms. The van der Waals surface area contributed by atoms with Gasteiger partial charge in [-0.2, -0.15) is 0 Å². The van der Waals surface area contributed by atoms with Gasteiger partial charge in [0.1, 0.15) is 12.4 Å². The molecule has 0 atom stereocenters. The number of carbonyl (C=O) groups is 1. The van der Waals surface area contributed by atoms with Gasteiger partial charge in [-0.25, -0.2) is 0 Å². The zero-order chi connectivity index (χ0) is 11.1. The van der Waals surface area contributed by atoms with E-state index >= 15 is 0 Å². The second kappa shape index (κ2) is 6.31. The molecule has 1 rings (SSSR count). The van der Waals surface area contributed by atoms with Gasteiger partial charge in [-0.15, -0.1) is 12.6 Å². The number of nitrogens with one attached hydrogen (secondary N) is 1. The van der Waals surface area contributed by atoms with Gasteiger partial charge in [-0.1, -0.05) is 6.07 Å². The number of ether oxygens (including phenoxy) is 1. The summed E-state index contributed by atoms with van der Waals surface area (Å²) in [5.74, 6) is 0.399. The monoisotopic (exact) mass is 226 g/mol. The molecule has 1 aromatic rings. The van der Waals surface area contributed by atoms with E-state index in [1.807, 2.05) is 24.3 Å². The number of rotatable bonds is 6. The van der Waals surface area contributed by atoms with Gasteiger partial charge in [-0.3, -0.25) is 4.79 Å². The largest absolute Gasteiger partial charge is 0.492 e. The van der Waals surface area contributed by atoms with Gasteiger partial charge in [-0.05, 0) is 18.2 Å². The van der Waals surface area contributed by atoms with Crippen LogP contribution in [-0.4, -0.2) is 25.6 Å². The van der Waals surface area contributed by atoms with Crippen LogP contribution in [0.1, 0.15) is 0 Å². The Balaban J connectivity index is 2.17. The van der Waals surface area contributed by atoms with Crippen molar-refractivity contribution in [3.63, 3.8) is 0 Å². The Bertz CT molecular complexity index is 331. The molecule has 0 aliphatic carbocycles. The lowest BCUT2D eigenvalue weighted by Gasteiger charge is -2.06. The van der Waals surface area contributed by atoms with Crippen LogP contribution in [0.5, 0.6) is 5.75 Å². The molecule has 4 nitrogen and oxygen atoms in total. The molecule has 0 radical (unpaired) electrons. The fourth-order valence-electron chi connectivity index (χ4n) is 1.03. The molecule has 82 valence electrons. The zero-order valence-corrected chi connectivity index (χ0v) is 9.17. The third-order valence-electron chi connectivity index (χ3n) is 1.66. The van der Waals surface area contributed by atoms with E-state index in [1.165, 1.54) is 0 Å². The Morgan fingerprint density at radius 3 is 3.00 bits per heavy atom. The SMILES string of the molecule is NC(=O)CNCCOc1cccc(S)c1. The van der Waals surface area contributed by atoms with Gasteiger partial charge in [0.05, 0.1) is 6.54 Å². The van der Waals surface area contributed by atoms with Crippen LogP contribution in [-0.2, 0) is 4.79 Å². The number of hydrogen-bond acceptors (Lipinski definition) is 4. The summed E-state index contributed by atoms with van der Waals surface area (Å²) in [4.78, 5) is 11.2. The highest BCUT2D eigenvalue weighted by molar-refractivity contribution is 7.80. The fourth-order valence-corrected chi connectivity index (χ4v) is 1.24. The van der Waals surface area contributed by atoms with Crippen LogP contribution >= 0.6 is 12.6 Å². The molecule has 0 saturated heterocycles. The maximum Gasteiger partial charge on any atom is 0.231 e. The van der Waals surface area contributed by atoms with Crippen LogP contribution in [0.25, 0.3) is 0 Å². The summed E-state index contributed by atoms with van der Waals surface area (Å²) < 4.78 is 5.41. The van der Waals surface area contributed by atoms with Crippen LogP contribution in [0, 0.1) is 0 Å². The van der Waals surface area contributed by atoms with Crippen LogP contribution in [0.2, 0.25) is 0 Å². The first-order valence-electron chi connectivity index (χ1n) is 4.59. The molecule has 0 fully saturated rings. The molecule has 1 amide bonds. The van der Waals surface area contributed by atoms with Crippen molar-refractivity contribution >= 4 is 18.5 Å². The maximum absolute atomic E-state index is 10.4. The molecule has 0 aromatic heterocycles. The first-order chi connectivity index (χ1) is 7.18. The van der Waals surface area contributed by atoms with Gasteiger partial charge in [0, 0.05) is 11.4 Å². The minimum atomic E-state index is -0.368. The summed E-state index contributed by atoms with van der Waals surface area (Å²) in [7, 11) is 0. The topological polar surface area (TPSA) is 64.4 Å². The van der Waals surface area contributed by atoms with Crippen molar-refractivity contribution in [2.24, 2.45) is 5.73 Å². The summed E-state index contributed by atoms with van der Waals surface area (Å²) in [5.41, 5.74) is 4.95. The number of hydrogen-bond donors (Lipinski definition) is 3. The lowest BCUT2D eigenvalue weighted by Crippen LogP contribution is -2.31. The smallest absolute Gasteiger partial charge is 0.231 e. The van der Waals surface area contributed by atoms with E-state index in [1.54, 1.807) is 0 Å². The van der Waals surface area contributed by atoms with Crippen molar-refractivity contribution in [1.29, 1.82) is 0 Å². The van der Waals surface area contributed by atoms with Crippen molar-refractivity contribution in [2.45, 2.75) is 4.90 Å². The van der Waals surface area contributed by atoms with Crippen molar-refractivity contribution in [1.82, 2.24) is 5.32 Å². The first kappa shape index (κ1) is 11.9. The van der Waals surface area contributed by atoms with E-state index in [2.05, 4.69) is 17.9 Å². The molecule has 0 aliphatic rings. The molecule has 0 heterocycles. The fraction of sp³-hybridized carbons (Fsp3) is 0.300. The van der Waals surface area contributed by atoms with E-state index in [4.69, 9.17) is 10.5 Å². The molecule has 0 spiro atoms. The van der Waals surface area contributed by atoms with E-state index in [0.29, 0.717) is 13.2 Å². The van der Waals surface area contributed by atoms with E-state index in [0.717, 1.165) is 10.6 Å². The predicted octanol–water partition coefficient (Wildman–Crippen LogP) is 0.429. The van der Waals surface area contributed by atoms with Crippen LogP contribution < -0.4 is 15.8 Å². The van der Waals surface area contributed by atoms with Crippen LogP contribution in [0.15, 0.2) is 29.2 Å². The highest BCUT2D eigenvalue weighted by atomic mass is 32.1. The van der Waals surface area contributed by atoms with Crippen molar-refractivity contribution < 1.29 is 9.53 Å². The minimum absolute atomic E-state index is 0.177. The Hall–Kier alpha value is -1.20. The van der Waals surface area contributed by atoms with Gasteiger partial charge in [0.15, 0.2) is 0 Å². The van der Waals surface area contributed by atoms with Crippen molar-refractivity contribution in [3.05, 3.63) is 24.3 Å². The molecule has 15 heavy (non-hydrogen) atoms. The Morgan fingerprint density at radius 2 is 2.33 bits per heavy atom. The number of amides is 1. The van der Waals surface area contributed by atoms with E-state index in [-0.39, 0.29) is 12.5 Å². The standard InChI is InChI=1S/C10H14N2O2S/c11-10(13)7-12-4-5-14-8-2-1-3-9(15)6-8/h1-3,6,12,15H,4-5,7H2,(H2,11,13). The Labute approximate surface area is 94.2 Å². The van der Waals surface area contributed by atoms with Crippen LogP contribution in [0.3, 0.4) is 0 Å². The molecule has 1 aromatic carbocycles. The van der Waals surface area contributed by atoms with Gasteiger partial charge in [0.2, 0.25) is 5.91 Å². The number of nitrogens with two attached hydrogens (primary N) is 1. The van der Waals surface area contributed by atoms with Crippen molar-refractivity contribution in [3.8, 4) is 5.75 Å². The average molecular weight is 226 g/mol. The molecule has 0 bridgehead atoms. The Kier molecular flexibility index (Phi) is 5.00. The molecule has 0 unspecified atom stereocenters. The number of benzene rings is 1. The third-order valence-corrected chi connectivity index (χ3v) is 1.94. The summed E-state index contributed by atoms with van der Waals surface area (Å²) in [6.07, 6.45) is 0. The first-order valence-corrected chi connectivity index (χ1v) is 5.04. The predicted molar refractivity (Wildman–Crippen MR) is 61.3 cm³/mol. The molecular formula is C10H14N2O2S. The van der Waals surface area contributed by atoms with Crippen molar-refractivity contribution in [2.75, 3.05) is 19.7 Å². The Morgan fingerprint density at radius 1 is 1.53 bits per heavy atom. The molecular weight excluding hydrogens is 212 g/mol.